The molecule has 0 saturated carbocycles. The highest BCUT2D eigenvalue weighted by atomic mass is 16.5. The lowest BCUT2D eigenvalue weighted by Crippen LogP contribution is -2.34. The zero-order valence-electron chi connectivity index (χ0n) is 15.1. The largest absolute Gasteiger partial charge is 0.361 e. The van der Waals surface area contributed by atoms with Crippen LogP contribution in [0.5, 0.6) is 0 Å². The first-order valence-corrected chi connectivity index (χ1v) is 8.92. The quantitative estimate of drug-likeness (QED) is 0.728. The van der Waals surface area contributed by atoms with Gasteiger partial charge in [0.2, 0.25) is 5.91 Å². The Labute approximate surface area is 152 Å². The summed E-state index contributed by atoms with van der Waals surface area (Å²) in [5, 5.41) is 8.57. The SMILES string of the molecule is Cc1cc(CC(=O)N2CCc3nn(C)c(-c4ccccc4)c3CC2)on1. The molecule has 0 radical (unpaired) electrons. The number of carbonyl (C=O) groups excluding carboxylic acids is 1. The van der Waals surface area contributed by atoms with E-state index in [-0.39, 0.29) is 12.3 Å². The number of fused-ring (bicyclic) bond motifs is 1. The Bertz CT molecular complexity index is 927. The first-order valence-electron chi connectivity index (χ1n) is 8.92. The van der Waals surface area contributed by atoms with E-state index in [0.29, 0.717) is 18.8 Å². The normalized spacial score (nSPS) is 14.2. The van der Waals surface area contributed by atoms with E-state index in [1.165, 1.54) is 11.1 Å². The van der Waals surface area contributed by atoms with Crippen LogP contribution in [0.2, 0.25) is 0 Å². The molecule has 134 valence electrons. The van der Waals surface area contributed by atoms with Gasteiger partial charge < -0.3 is 9.42 Å². The number of nitrogens with zero attached hydrogens (tertiary/aromatic N) is 4. The van der Waals surface area contributed by atoms with Gasteiger partial charge in [0.1, 0.15) is 5.76 Å². The van der Waals surface area contributed by atoms with Crippen LogP contribution >= 0.6 is 0 Å². The van der Waals surface area contributed by atoms with Gasteiger partial charge in [-0.05, 0) is 13.3 Å². The van der Waals surface area contributed by atoms with Crippen LogP contribution in [-0.2, 0) is 31.1 Å². The fourth-order valence-electron chi connectivity index (χ4n) is 3.65. The average molecular weight is 350 g/mol. The lowest BCUT2D eigenvalue weighted by molar-refractivity contribution is -0.130. The minimum atomic E-state index is 0.0805. The molecule has 0 atom stereocenters. The number of hydrogen-bond acceptors (Lipinski definition) is 4. The fraction of sp³-hybridized carbons (Fsp3) is 0.350. The fourth-order valence-corrected chi connectivity index (χ4v) is 3.65. The maximum atomic E-state index is 12.6. The van der Waals surface area contributed by atoms with Crippen molar-refractivity contribution >= 4 is 5.91 Å². The molecule has 0 bridgehead atoms. The van der Waals surface area contributed by atoms with Crippen molar-refractivity contribution in [1.29, 1.82) is 0 Å². The molecule has 6 heteroatoms. The van der Waals surface area contributed by atoms with E-state index in [0.717, 1.165) is 29.9 Å². The standard InChI is InChI=1S/C20H22N4O2/c1-14-12-16(26-22-14)13-19(25)24-10-8-17-18(9-11-24)21-23(2)20(17)15-6-4-3-5-7-15/h3-7,12H,8-11,13H2,1-2H3. The van der Waals surface area contributed by atoms with Crippen LogP contribution in [0.4, 0.5) is 0 Å². The maximum absolute atomic E-state index is 12.6. The van der Waals surface area contributed by atoms with E-state index in [1.54, 1.807) is 0 Å². The van der Waals surface area contributed by atoms with Gasteiger partial charge in [0.05, 0.1) is 23.5 Å². The number of rotatable bonds is 3. The first-order chi connectivity index (χ1) is 12.6. The van der Waals surface area contributed by atoms with E-state index in [4.69, 9.17) is 9.62 Å². The Morgan fingerprint density at radius 3 is 2.69 bits per heavy atom. The number of amides is 1. The Morgan fingerprint density at radius 2 is 1.96 bits per heavy atom. The van der Waals surface area contributed by atoms with Crippen LogP contribution in [0.15, 0.2) is 40.9 Å². The van der Waals surface area contributed by atoms with E-state index in [1.807, 2.05) is 47.8 Å². The Morgan fingerprint density at radius 1 is 1.19 bits per heavy atom. The minimum absolute atomic E-state index is 0.0805. The van der Waals surface area contributed by atoms with E-state index in [9.17, 15) is 4.79 Å². The summed E-state index contributed by atoms with van der Waals surface area (Å²) >= 11 is 0. The average Bonchev–Trinajstić information content (AvgIpc) is 3.11. The highest BCUT2D eigenvalue weighted by Crippen LogP contribution is 2.28. The molecule has 0 aliphatic carbocycles. The van der Waals surface area contributed by atoms with Crippen molar-refractivity contribution in [1.82, 2.24) is 19.8 Å². The molecule has 1 aliphatic heterocycles. The summed E-state index contributed by atoms with van der Waals surface area (Å²) in [7, 11) is 1.99. The van der Waals surface area contributed by atoms with Gasteiger partial charge in [-0.1, -0.05) is 35.5 Å². The predicted octanol–water partition coefficient (Wildman–Crippen LogP) is 2.55. The molecule has 0 saturated heterocycles. The van der Waals surface area contributed by atoms with Crippen molar-refractivity contribution in [2.24, 2.45) is 7.05 Å². The monoisotopic (exact) mass is 350 g/mol. The molecule has 1 amide bonds. The molecule has 3 aromatic rings. The van der Waals surface area contributed by atoms with Crippen molar-refractivity contribution in [3.8, 4) is 11.3 Å². The number of carbonyl (C=O) groups is 1. The number of benzene rings is 1. The summed E-state index contributed by atoms with van der Waals surface area (Å²) in [6, 6.07) is 12.1. The number of aryl methyl sites for hydroxylation is 2. The van der Waals surface area contributed by atoms with Gasteiger partial charge >= 0.3 is 0 Å². The Balaban J connectivity index is 1.53. The lowest BCUT2D eigenvalue weighted by atomic mass is 10.0. The molecule has 0 spiro atoms. The molecule has 1 aromatic carbocycles. The van der Waals surface area contributed by atoms with Gasteiger partial charge in [0, 0.05) is 43.8 Å². The molecule has 0 N–H and O–H groups in total. The number of aromatic nitrogens is 3. The van der Waals surface area contributed by atoms with E-state index >= 15 is 0 Å². The summed E-state index contributed by atoms with van der Waals surface area (Å²) in [4.78, 5) is 14.5. The maximum Gasteiger partial charge on any atom is 0.230 e. The van der Waals surface area contributed by atoms with Crippen molar-refractivity contribution in [3.63, 3.8) is 0 Å². The predicted molar refractivity (Wildman–Crippen MR) is 97.6 cm³/mol. The van der Waals surface area contributed by atoms with Gasteiger partial charge in [0.15, 0.2) is 0 Å². The van der Waals surface area contributed by atoms with Crippen LogP contribution in [0.1, 0.15) is 22.7 Å². The van der Waals surface area contributed by atoms with Gasteiger partial charge in [-0.25, -0.2) is 0 Å². The third-order valence-electron chi connectivity index (χ3n) is 4.88. The first kappa shape index (κ1) is 16.6. The third-order valence-corrected chi connectivity index (χ3v) is 4.88. The minimum Gasteiger partial charge on any atom is -0.361 e. The van der Waals surface area contributed by atoms with Crippen LogP contribution in [0, 0.1) is 6.92 Å². The zero-order valence-corrected chi connectivity index (χ0v) is 15.1. The number of hydrogen-bond donors (Lipinski definition) is 0. The summed E-state index contributed by atoms with van der Waals surface area (Å²) in [6.07, 6.45) is 1.85. The second-order valence-electron chi connectivity index (χ2n) is 6.76. The molecule has 1 aliphatic rings. The summed E-state index contributed by atoms with van der Waals surface area (Å²) in [6.45, 7) is 3.24. The molecule has 4 rings (SSSR count). The lowest BCUT2D eigenvalue weighted by Gasteiger charge is -2.19. The van der Waals surface area contributed by atoms with Crippen molar-refractivity contribution in [2.45, 2.75) is 26.2 Å². The summed E-state index contributed by atoms with van der Waals surface area (Å²) < 4.78 is 7.15. The van der Waals surface area contributed by atoms with E-state index in [2.05, 4.69) is 17.3 Å². The summed E-state index contributed by atoms with van der Waals surface area (Å²) in [5.41, 5.74) is 5.47. The molecule has 0 unspecified atom stereocenters. The Kier molecular flexibility index (Phi) is 4.32. The van der Waals surface area contributed by atoms with Crippen molar-refractivity contribution in [3.05, 3.63) is 59.1 Å². The Hall–Kier alpha value is -2.89. The summed E-state index contributed by atoms with van der Waals surface area (Å²) in [5.74, 6) is 0.704. The van der Waals surface area contributed by atoms with Gasteiger partial charge in [-0.2, -0.15) is 5.10 Å². The smallest absolute Gasteiger partial charge is 0.230 e. The van der Waals surface area contributed by atoms with Gasteiger partial charge in [0.25, 0.3) is 0 Å². The molecule has 3 heterocycles. The van der Waals surface area contributed by atoms with Gasteiger partial charge in [-0.15, -0.1) is 0 Å². The third kappa shape index (κ3) is 3.14. The van der Waals surface area contributed by atoms with Crippen LogP contribution < -0.4 is 0 Å². The molecule has 6 nitrogen and oxygen atoms in total. The highest BCUT2D eigenvalue weighted by molar-refractivity contribution is 5.78. The van der Waals surface area contributed by atoms with Crippen molar-refractivity contribution < 1.29 is 9.32 Å². The van der Waals surface area contributed by atoms with Gasteiger partial charge in [-0.3, -0.25) is 9.48 Å². The van der Waals surface area contributed by atoms with Crippen LogP contribution in [-0.4, -0.2) is 38.8 Å². The molecular formula is C20H22N4O2. The van der Waals surface area contributed by atoms with E-state index < -0.39 is 0 Å². The van der Waals surface area contributed by atoms with Crippen LogP contribution in [0.3, 0.4) is 0 Å². The molecule has 0 fully saturated rings. The van der Waals surface area contributed by atoms with Crippen LogP contribution in [0.25, 0.3) is 11.3 Å². The topological polar surface area (TPSA) is 64.2 Å². The van der Waals surface area contributed by atoms with Crippen molar-refractivity contribution in [2.75, 3.05) is 13.1 Å². The molecular weight excluding hydrogens is 328 g/mol. The zero-order chi connectivity index (χ0) is 18.1. The molecule has 26 heavy (non-hydrogen) atoms. The molecule has 2 aromatic heterocycles. The highest BCUT2D eigenvalue weighted by Gasteiger charge is 2.25. The second kappa shape index (κ2) is 6.78. The second-order valence-corrected chi connectivity index (χ2v) is 6.76.